The van der Waals surface area contributed by atoms with E-state index in [9.17, 15) is 13.2 Å². The van der Waals surface area contributed by atoms with Gasteiger partial charge in [-0.05, 0) is 79.6 Å². The van der Waals surface area contributed by atoms with E-state index in [0.29, 0.717) is 23.0 Å². The van der Waals surface area contributed by atoms with Crippen LogP contribution in [0.5, 0.6) is 5.75 Å². The van der Waals surface area contributed by atoms with Crippen molar-refractivity contribution in [1.29, 1.82) is 0 Å². The number of benzene rings is 2. The molecule has 182 valence electrons. The van der Waals surface area contributed by atoms with Gasteiger partial charge in [-0.3, -0.25) is 9.10 Å². The summed E-state index contributed by atoms with van der Waals surface area (Å²) < 4.78 is 31.6. The Morgan fingerprint density at radius 3 is 2.33 bits per heavy atom. The van der Waals surface area contributed by atoms with Gasteiger partial charge in [0.1, 0.15) is 5.75 Å². The largest absolute Gasteiger partial charge is 0.496 e. The maximum atomic E-state index is 12.6. The molecule has 0 aliphatic carbocycles. The third-order valence-corrected chi connectivity index (χ3v) is 7.10. The average Bonchev–Trinajstić information content (AvgIpc) is 2.71. The number of carbonyl (C=O) groups excluding carboxylic acids is 1. The smallest absolute Gasteiger partial charge is 0.232 e. The van der Waals surface area contributed by atoms with E-state index in [1.807, 2.05) is 26.8 Å². The van der Waals surface area contributed by atoms with Crippen molar-refractivity contribution in [3.8, 4) is 5.75 Å². The van der Waals surface area contributed by atoms with Crippen LogP contribution >= 0.6 is 11.6 Å². The third-order valence-electron chi connectivity index (χ3n) is 5.69. The predicted molar refractivity (Wildman–Crippen MR) is 136 cm³/mol. The van der Waals surface area contributed by atoms with E-state index in [-0.39, 0.29) is 24.9 Å². The Bertz CT molecular complexity index is 1100. The number of halogens is 1. The minimum atomic E-state index is -3.52. The fourth-order valence-corrected chi connectivity index (χ4v) is 5.08. The minimum Gasteiger partial charge on any atom is -0.496 e. The van der Waals surface area contributed by atoms with Crippen molar-refractivity contribution < 1.29 is 17.9 Å². The van der Waals surface area contributed by atoms with Crippen LogP contribution in [0.3, 0.4) is 0 Å². The van der Waals surface area contributed by atoms with Gasteiger partial charge in [-0.1, -0.05) is 31.5 Å². The van der Waals surface area contributed by atoms with Gasteiger partial charge in [-0.25, -0.2) is 8.42 Å². The van der Waals surface area contributed by atoms with Crippen molar-refractivity contribution in [3.63, 3.8) is 0 Å². The molecule has 2 aromatic rings. The van der Waals surface area contributed by atoms with Gasteiger partial charge < -0.3 is 10.1 Å². The molecule has 0 saturated carbocycles. The molecule has 2 rings (SSSR count). The molecule has 0 aromatic heterocycles. The number of hydrogen-bond acceptors (Lipinski definition) is 4. The van der Waals surface area contributed by atoms with Crippen LogP contribution in [0, 0.1) is 13.8 Å². The summed E-state index contributed by atoms with van der Waals surface area (Å²) in [6.45, 7) is 10.2. The summed E-state index contributed by atoms with van der Waals surface area (Å²) in [5, 5.41) is 3.51. The molecule has 1 atom stereocenters. The highest BCUT2D eigenvalue weighted by atomic mass is 35.5. The maximum Gasteiger partial charge on any atom is 0.232 e. The second-order valence-corrected chi connectivity index (χ2v) is 11.1. The Labute approximate surface area is 203 Å². The first-order valence-electron chi connectivity index (χ1n) is 11.1. The lowest BCUT2D eigenvalue weighted by Gasteiger charge is -2.24. The molecular formula is C25H35ClN2O4S. The normalized spacial score (nSPS) is 12.5. The van der Waals surface area contributed by atoms with Gasteiger partial charge in [0, 0.05) is 18.0 Å². The topological polar surface area (TPSA) is 75.7 Å². The Hall–Kier alpha value is -2.25. The van der Waals surface area contributed by atoms with E-state index in [4.69, 9.17) is 16.3 Å². The molecule has 1 N–H and O–H groups in total. The third kappa shape index (κ3) is 7.11. The number of nitrogens with one attached hydrogen (secondary N) is 1. The molecule has 0 aliphatic rings. The Morgan fingerprint density at radius 2 is 1.76 bits per heavy atom. The molecule has 0 bridgehead atoms. The van der Waals surface area contributed by atoms with Gasteiger partial charge in [0.25, 0.3) is 0 Å². The van der Waals surface area contributed by atoms with Gasteiger partial charge >= 0.3 is 0 Å². The summed E-state index contributed by atoms with van der Waals surface area (Å²) in [5.74, 6) is 1.01. The van der Waals surface area contributed by atoms with E-state index in [1.165, 1.54) is 4.31 Å². The summed E-state index contributed by atoms with van der Waals surface area (Å²) >= 11 is 6.08. The van der Waals surface area contributed by atoms with Crippen molar-refractivity contribution in [1.82, 2.24) is 5.32 Å². The predicted octanol–water partition coefficient (Wildman–Crippen LogP) is 5.51. The van der Waals surface area contributed by atoms with E-state index in [2.05, 4.69) is 25.2 Å². The zero-order valence-corrected chi connectivity index (χ0v) is 22.1. The first kappa shape index (κ1) is 27.0. The number of nitrogens with zero attached hydrogens (tertiary/aromatic N) is 1. The van der Waals surface area contributed by atoms with Crippen molar-refractivity contribution in [2.45, 2.75) is 59.4 Å². The number of hydrogen-bond donors (Lipinski definition) is 1. The van der Waals surface area contributed by atoms with E-state index in [0.717, 1.165) is 34.3 Å². The average molecular weight is 495 g/mol. The Balaban J connectivity index is 2.07. The molecule has 0 fully saturated rings. The van der Waals surface area contributed by atoms with E-state index >= 15 is 0 Å². The number of carbonyl (C=O) groups is 1. The van der Waals surface area contributed by atoms with Crippen molar-refractivity contribution in [2.75, 3.05) is 24.2 Å². The molecule has 0 aliphatic heterocycles. The fraction of sp³-hybridized carbons (Fsp3) is 0.480. The molecule has 0 saturated heterocycles. The molecule has 0 spiro atoms. The van der Waals surface area contributed by atoms with E-state index in [1.54, 1.807) is 25.3 Å². The SMILES string of the molecule is COc1cc(C)c([C@H](C)NC(=O)CCCN(c2cc(Cl)ccc2C)S(C)(=O)=O)cc1C(C)C. The molecule has 0 unspecified atom stereocenters. The van der Waals surface area contributed by atoms with Crippen LogP contribution in [-0.4, -0.2) is 34.2 Å². The van der Waals surface area contributed by atoms with Gasteiger partial charge in [-0.15, -0.1) is 0 Å². The lowest BCUT2D eigenvalue weighted by atomic mass is 9.93. The molecule has 2 aromatic carbocycles. The molecule has 33 heavy (non-hydrogen) atoms. The van der Waals surface area contributed by atoms with Crippen LogP contribution in [0.2, 0.25) is 5.02 Å². The van der Waals surface area contributed by atoms with Gasteiger partial charge in [0.05, 0.1) is 25.1 Å². The number of anilines is 1. The van der Waals surface area contributed by atoms with Crippen LogP contribution in [0.4, 0.5) is 5.69 Å². The number of sulfonamides is 1. The van der Waals surface area contributed by atoms with Crippen LogP contribution in [0.25, 0.3) is 0 Å². The zero-order chi connectivity index (χ0) is 24.9. The maximum absolute atomic E-state index is 12.6. The highest BCUT2D eigenvalue weighted by Crippen LogP contribution is 2.32. The first-order valence-corrected chi connectivity index (χ1v) is 13.3. The number of aryl methyl sites for hydroxylation is 2. The van der Waals surface area contributed by atoms with Crippen LogP contribution < -0.4 is 14.4 Å². The van der Waals surface area contributed by atoms with Crippen molar-refractivity contribution in [3.05, 3.63) is 57.6 Å². The van der Waals surface area contributed by atoms with Crippen molar-refractivity contribution >= 4 is 33.2 Å². The second kappa shape index (κ2) is 11.3. The molecule has 0 radical (unpaired) electrons. The summed E-state index contributed by atoms with van der Waals surface area (Å²) in [5.41, 5.74) is 4.52. The summed E-state index contributed by atoms with van der Waals surface area (Å²) in [4.78, 5) is 12.6. The van der Waals surface area contributed by atoms with E-state index < -0.39 is 10.0 Å². The first-order chi connectivity index (χ1) is 15.3. The Morgan fingerprint density at radius 1 is 1.09 bits per heavy atom. The lowest BCUT2D eigenvalue weighted by Crippen LogP contribution is -2.33. The van der Waals surface area contributed by atoms with Crippen LogP contribution in [-0.2, 0) is 14.8 Å². The standard InChI is InChI=1S/C25H35ClN2O4S/c1-16(2)21-15-22(18(4)13-24(21)32-6)19(5)27-25(29)9-8-12-28(33(7,30)31)23-14-20(26)11-10-17(23)3/h10-11,13-16,19H,8-9,12H2,1-7H3,(H,27,29)/t19-/m0/s1. The Kier molecular flexibility index (Phi) is 9.20. The van der Waals surface area contributed by atoms with Crippen LogP contribution in [0.15, 0.2) is 30.3 Å². The molecular weight excluding hydrogens is 460 g/mol. The summed E-state index contributed by atoms with van der Waals surface area (Å²) in [6, 6.07) is 9.07. The number of amides is 1. The second-order valence-electron chi connectivity index (χ2n) is 8.76. The summed E-state index contributed by atoms with van der Waals surface area (Å²) in [7, 11) is -1.85. The van der Waals surface area contributed by atoms with Crippen LogP contribution in [0.1, 0.15) is 67.8 Å². The monoisotopic (exact) mass is 494 g/mol. The van der Waals surface area contributed by atoms with Gasteiger partial charge in [0.2, 0.25) is 15.9 Å². The molecule has 0 heterocycles. The summed E-state index contributed by atoms with van der Waals surface area (Å²) in [6.07, 6.45) is 1.76. The molecule has 8 heteroatoms. The zero-order valence-electron chi connectivity index (χ0n) is 20.5. The number of rotatable bonds is 10. The van der Waals surface area contributed by atoms with Gasteiger partial charge in [-0.2, -0.15) is 0 Å². The highest BCUT2D eigenvalue weighted by Gasteiger charge is 2.21. The minimum absolute atomic E-state index is 0.125. The lowest BCUT2D eigenvalue weighted by molar-refractivity contribution is -0.121. The molecule has 6 nitrogen and oxygen atoms in total. The quantitative estimate of drug-likeness (QED) is 0.472. The molecule has 1 amide bonds. The number of ether oxygens (including phenoxy) is 1. The number of methoxy groups -OCH3 is 1. The van der Waals surface area contributed by atoms with Gasteiger partial charge in [0.15, 0.2) is 0 Å². The van der Waals surface area contributed by atoms with Crippen molar-refractivity contribution in [2.24, 2.45) is 0 Å². The fourth-order valence-electron chi connectivity index (χ4n) is 3.90. The highest BCUT2D eigenvalue weighted by molar-refractivity contribution is 7.92.